The Bertz CT molecular complexity index is 709. The highest BCUT2D eigenvalue weighted by Gasteiger charge is 2.22. The Kier molecular flexibility index (Phi) is 4.76. The van der Waals surface area contributed by atoms with Gasteiger partial charge in [-0.05, 0) is 44.1 Å². The third kappa shape index (κ3) is 3.32. The number of hydrogen-bond donors (Lipinski definition) is 2. The number of rotatable bonds is 5. The number of hydrogen-bond acceptors (Lipinski definition) is 4. The van der Waals surface area contributed by atoms with Gasteiger partial charge in [0.05, 0.1) is 17.4 Å². The van der Waals surface area contributed by atoms with Crippen LogP contribution in [0.15, 0.2) is 23.0 Å². The van der Waals surface area contributed by atoms with Gasteiger partial charge >= 0.3 is 0 Å². The topological polar surface area (TPSA) is 61.0 Å². The van der Waals surface area contributed by atoms with Gasteiger partial charge in [0.25, 0.3) is 5.56 Å². The minimum atomic E-state index is -0.122. The minimum Gasteiger partial charge on any atom is -0.315 e. The lowest BCUT2D eigenvalue weighted by Gasteiger charge is -2.27. The first-order valence-corrected chi connectivity index (χ1v) is 8.18. The molecule has 2 N–H and O–H groups in total. The fourth-order valence-electron chi connectivity index (χ4n) is 3.06. The van der Waals surface area contributed by atoms with E-state index in [1.807, 2.05) is 0 Å². The van der Waals surface area contributed by atoms with E-state index in [1.54, 1.807) is 18.2 Å². The van der Waals surface area contributed by atoms with Crippen LogP contribution in [-0.4, -0.2) is 40.5 Å². The predicted octanol–water partition coefficient (Wildman–Crippen LogP) is 2.15. The fourth-order valence-corrected chi connectivity index (χ4v) is 3.23. The highest BCUT2D eigenvalue weighted by atomic mass is 35.5. The second-order valence-corrected chi connectivity index (χ2v) is 6.23. The van der Waals surface area contributed by atoms with Crippen molar-refractivity contribution in [2.24, 2.45) is 0 Å². The first kappa shape index (κ1) is 15.5. The maximum atomic E-state index is 12.2. The van der Waals surface area contributed by atoms with E-state index in [1.165, 1.54) is 0 Å². The second kappa shape index (κ2) is 6.77. The molecule has 1 aliphatic rings. The lowest BCUT2D eigenvalue weighted by atomic mass is 10.2. The van der Waals surface area contributed by atoms with Crippen LogP contribution in [0.1, 0.15) is 25.6 Å². The van der Waals surface area contributed by atoms with E-state index < -0.39 is 0 Å². The summed E-state index contributed by atoms with van der Waals surface area (Å²) >= 11 is 5.95. The van der Waals surface area contributed by atoms with Crippen molar-refractivity contribution in [3.05, 3.63) is 39.4 Å². The number of fused-ring (bicyclic) bond motifs is 1. The summed E-state index contributed by atoms with van der Waals surface area (Å²) in [6.45, 7) is 5.93. The van der Waals surface area contributed by atoms with Gasteiger partial charge in [-0.2, -0.15) is 0 Å². The van der Waals surface area contributed by atoms with Gasteiger partial charge in [0.2, 0.25) is 0 Å². The molecule has 0 aliphatic carbocycles. The van der Waals surface area contributed by atoms with Crippen molar-refractivity contribution in [3.8, 4) is 0 Å². The third-order valence-electron chi connectivity index (χ3n) is 4.13. The van der Waals surface area contributed by atoms with Crippen LogP contribution < -0.4 is 10.9 Å². The monoisotopic (exact) mass is 320 g/mol. The lowest BCUT2D eigenvalue weighted by Crippen LogP contribution is -2.37. The first-order chi connectivity index (χ1) is 10.7. The first-order valence-electron chi connectivity index (χ1n) is 7.80. The van der Waals surface area contributed by atoms with Gasteiger partial charge in [0.15, 0.2) is 0 Å². The summed E-state index contributed by atoms with van der Waals surface area (Å²) in [6.07, 6.45) is 2.23. The van der Waals surface area contributed by atoms with Gasteiger partial charge in [-0.1, -0.05) is 18.5 Å². The molecular formula is C16H21ClN4O. The van der Waals surface area contributed by atoms with Gasteiger partial charge in [0, 0.05) is 17.6 Å². The van der Waals surface area contributed by atoms with E-state index >= 15 is 0 Å². The largest absolute Gasteiger partial charge is 0.315 e. The van der Waals surface area contributed by atoms with Gasteiger partial charge in [-0.15, -0.1) is 0 Å². The summed E-state index contributed by atoms with van der Waals surface area (Å²) in [4.78, 5) is 22.1. The average molecular weight is 321 g/mol. The summed E-state index contributed by atoms with van der Waals surface area (Å²) in [5, 5.41) is 4.49. The highest BCUT2D eigenvalue weighted by molar-refractivity contribution is 6.31. The zero-order chi connectivity index (χ0) is 15.5. The van der Waals surface area contributed by atoms with E-state index in [-0.39, 0.29) is 5.56 Å². The average Bonchev–Trinajstić information content (AvgIpc) is 3.02. The normalized spacial score (nSPS) is 18.4. The van der Waals surface area contributed by atoms with Crippen molar-refractivity contribution < 1.29 is 0 Å². The molecular weight excluding hydrogens is 300 g/mol. The molecule has 1 atom stereocenters. The molecule has 3 rings (SSSR count). The van der Waals surface area contributed by atoms with Crippen LogP contribution in [0.4, 0.5) is 0 Å². The quantitative estimate of drug-likeness (QED) is 0.886. The maximum absolute atomic E-state index is 12.2. The molecule has 5 nitrogen and oxygen atoms in total. The van der Waals surface area contributed by atoms with Crippen LogP contribution in [0.2, 0.25) is 5.02 Å². The summed E-state index contributed by atoms with van der Waals surface area (Å²) in [7, 11) is 0. The van der Waals surface area contributed by atoms with Gasteiger partial charge in [-0.25, -0.2) is 4.98 Å². The van der Waals surface area contributed by atoms with Crippen LogP contribution in [0.3, 0.4) is 0 Å². The summed E-state index contributed by atoms with van der Waals surface area (Å²) in [5.41, 5.74) is 0.577. The van der Waals surface area contributed by atoms with Crippen molar-refractivity contribution in [1.29, 1.82) is 0 Å². The number of halogens is 1. The van der Waals surface area contributed by atoms with Crippen molar-refractivity contribution in [2.75, 3.05) is 19.6 Å². The number of nitrogens with one attached hydrogen (secondary N) is 2. The molecule has 1 unspecified atom stereocenters. The predicted molar refractivity (Wildman–Crippen MR) is 89.3 cm³/mol. The van der Waals surface area contributed by atoms with Crippen LogP contribution in [0.25, 0.3) is 10.9 Å². The molecule has 22 heavy (non-hydrogen) atoms. The van der Waals surface area contributed by atoms with E-state index in [9.17, 15) is 4.79 Å². The molecule has 2 heterocycles. The molecule has 118 valence electrons. The Balaban J connectivity index is 1.88. The molecule has 1 aromatic heterocycles. The molecule has 2 aromatic rings. The van der Waals surface area contributed by atoms with Crippen molar-refractivity contribution in [3.63, 3.8) is 0 Å². The molecule has 6 heteroatoms. The molecule has 1 saturated heterocycles. The number of H-pyrrole nitrogens is 1. The number of aromatic nitrogens is 2. The summed E-state index contributed by atoms with van der Waals surface area (Å²) < 4.78 is 0. The Morgan fingerprint density at radius 2 is 2.32 bits per heavy atom. The molecule has 0 spiro atoms. The van der Waals surface area contributed by atoms with E-state index in [0.29, 0.717) is 28.5 Å². The third-order valence-corrected chi connectivity index (χ3v) is 4.37. The maximum Gasteiger partial charge on any atom is 0.258 e. The number of nitrogens with zero attached hydrogens (tertiary/aromatic N) is 2. The van der Waals surface area contributed by atoms with E-state index in [4.69, 9.17) is 11.6 Å². The zero-order valence-corrected chi connectivity index (χ0v) is 13.5. The Morgan fingerprint density at radius 1 is 1.45 bits per heavy atom. The SMILES string of the molecule is CCCN(Cc1nc2ccc(Cl)cc2c(=O)[nH]1)C1CCNC1. The zero-order valence-electron chi connectivity index (χ0n) is 12.7. The Morgan fingerprint density at radius 3 is 3.05 bits per heavy atom. The molecule has 1 fully saturated rings. The summed E-state index contributed by atoms with van der Waals surface area (Å²) in [6, 6.07) is 5.76. The molecule has 0 saturated carbocycles. The van der Waals surface area contributed by atoms with Crippen molar-refractivity contribution in [1.82, 2.24) is 20.2 Å². The molecule has 0 amide bonds. The molecule has 0 bridgehead atoms. The Hall–Kier alpha value is -1.43. The molecule has 1 aliphatic heterocycles. The lowest BCUT2D eigenvalue weighted by molar-refractivity contribution is 0.195. The van der Waals surface area contributed by atoms with Crippen molar-refractivity contribution >= 4 is 22.5 Å². The van der Waals surface area contributed by atoms with E-state index in [0.717, 1.165) is 38.3 Å². The van der Waals surface area contributed by atoms with Crippen LogP contribution in [0.5, 0.6) is 0 Å². The fraction of sp³-hybridized carbons (Fsp3) is 0.500. The van der Waals surface area contributed by atoms with Gasteiger partial charge < -0.3 is 10.3 Å². The van der Waals surface area contributed by atoms with Gasteiger partial charge in [0.1, 0.15) is 5.82 Å². The van der Waals surface area contributed by atoms with Crippen LogP contribution in [0, 0.1) is 0 Å². The number of benzene rings is 1. The van der Waals surface area contributed by atoms with Crippen LogP contribution in [-0.2, 0) is 6.54 Å². The van der Waals surface area contributed by atoms with E-state index in [2.05, 4.69) is 27.1 Å². The highest BCUT2D eigenvalue weighted by Crippen LogP contribution is 2.16. The second-order valence-electron chi connectivity index (χ2n) is 5.79. The Labute approximate surface area is 134 Å². The van der Waals surface area contributed by atoms with Gasteiger partial charge in [-0.3, -0.25) is 9.69 Å². The standard InChI is InChI=1S/C16H21ClN4O/c1-2-7-21(12-5-6-18-9-12)10-15-19-14-4-3-11(17)8-13(14)16(22)20-15/h3-4,8,12,18H,2,5-7,9-10H2,1H3,(H,19,20,22). The molecule has 0 radical (unpaired) electrons. The van der Waals surface area contributed by atoms with Crippen molar-refractivity contribution in [2.45, 2.75) is 32.4 Å². The summed E-state index contributed by atoms with van der Waals surface area (Å²) in [5.74, 6) is 0.722. The minimum absolute atomic E-state index is 0.122. The van der Waals surface area contributed by atoms with Crippen LogP contribution >= 0.6 is 11.6 Å². The smallest absolute Gasteiger partial charge is 0.258 e. The number of aromatic amines is 1. The molecule has 1 aromatic carbocycles.